The maximum absolute atomic E-state index is 12.5. The lowest BCUT2D eigenvalue weighted by Gasteiger charge is -2.35. The lowest BCUT2D eigenvalue weighted by molar-refractivity contribution is -0.133. The Balaban J connectivity index is 1.50. The first kappa shape index (κ1) is 16.0. The fourth-order valence-electron chi connectivity index (χ4n) is 3.63. The fourth-order valence-corrected chi connectivity index (χ4v) is 3.63. The van der Waals surface area contributed by atoms with Gasteiger partial charge in [0.2, 0.25) is 5.91 Å². The highest BCUT2D eigenvalue weighted by atomic mass is 16.2. The van der Waals surface area contributed by atoms with Gasteiger partial charge in [0.1, 0.15) is 0 Å². The van der Waals surface area contributed by atoms with Crippen molar-refractivity contribution >= 4 is 11.8 Å². The number of piperazine rings is 1. The van der Waals surface area contributed by atoms with E-state index in [-0.39, 0.29) is 11.8 Å². The number of amides is 2. The highest BCUT2D eigenvalue weighted by Gasteiger charge is 2.27. The molecule has 23 heavy (non-hydrogen) atoms. The van der Waals surface area contributed by atoms with Gasteiger partial charge in [-0.2, -0.15) is 0 Å². The number of hydrogen-bond acceptors (Lipinski definition) is 2. The minimum atomic E-state index is 0.0768. The molecule has 0 atom stereocenters. The summed E-state index contributed by atoms with van der Waals surface area (Å²) in [5.74, 6) is 0.946. The summed E-state index contributed by atoms with van der Waals surface area (Å²) in [6.07, 6.45) is 5.66. The smallest absolute Gasteiger partial charge is 0.253 e. The van der Waals surface area contributed by atoms with E-state index in [1.54, 1.807) is 0 Å². The van der Waals surface area contributed by atoms with Crippen molar-refractivity contribution in [2.24, 2.45) is 5.92 Å². The molecular formula is C19H26N2O2. The quantitative estimate of drug-likeness (QED) is 0.861. The van der Waals surface area contributed by atoms with Gasteiger partial charge in [0.05, 0.1) is 0 Å². The molecule has 2 fully saturated rings. The molecule has 1 aliphatic heterocycles. The van der Waals surface area contributed by atoms with E-state index in [1.165, 1.54) is 25.7 Å². The molecular weight excluding hydrogens is 288 g/mol. The summed E-state index contributed by atoms with van der Waals surface area (Å²) >= 11 is 0. The van der Waals surface area contributed by atoms with Crippen LogP contribution < -0.4 is 0 Å². The molecule has 1 saturated heterocycles. The normalized spacial score (nSPS) is 19.2. The molecule has 0 bridgehead atoms. The summed E-state index contributed by atoms with van der Waals surface area (Å²) in [7, 11) is 0. The van der Waals surface area contributed by atoms with Crippen LogP contribution in [-0.4, -0.2) is 47.8 Å². The van der Waals surface area contributed by atoms with Crippen LogP contribution >= 0.6 is 0 Å². The SMILES string of the molecule is Cc1ccc(C(=O)N2CCN(C(=O)CC3CCCC3)CC2)cc1. The highest BCUT2D eigenvalue weighted by molar-refractivity contribution is 5.94. The first-order valence-corrected chi connectivity index (χ1v) is 8.77. The Kier molecular flexibility index (Phi) is 4.99. The lowest BCUT2D eigenvalue weighted by Crippen LogP contribution is -2.50. The van der Waals surface area contributed by atoms with E-state index in [4.69, 9.17) is 0 Å². The second kappa shape index (κ2) is 7.16. The molecule has 1 heterocycles. The molecule has 0 aromatic heterocycles. The van der Waals surface area contributed by atoms with E-state index in [2.05, 4.69) is 0 Å². The Morgan fingerprint density at radius 2 is 1.52 bits per heavy atom. The summed E-state index contributed by atoms with van der Waals surface area (Å²) in [5, 5.41) is 0. The topological polar surface area (TPSA) is 40.6 Å². The van der Waals surface area contributed by atoms with Gasteiger partial charge >= 0.3 is 0 Å². The maximum atomic E-state index is 12.5. The molecule has 1 saturated carbocycles. The minimum Gasteiger partial charge on any atom is -0.339 e. The standard InChI is InChI=1S/C19H26N2O2/c1-15-6-8-17(9-7-15)19(23)21-12-10-20(11-13-21)18(22)14-16-4-2-3-5-16/h6-9,16H,2-5,10-14H2,1H3. The van der Waals surface area contributed by atoms with Gasteiger partial charge in [-0.3, -0.25) is 9.59 Å². The molecule has 0 unspecified atom stereocenters. The Labute approximate surface area is 138 Å². The minimum absolute atomic E-state index is 0.0768. The van der Waals surface area contributed by atoms with Gasteiger partial charge < -0.3 is 9.80 Å². The molecule has 1 aliphatic carbocycles. The third-order valence-electron chi connectivity index (χ3n) is 5.16. The zero-order chi connectivity index (χ0) is 16.2. The van der Waals surface area contributed by atoms with Crippen molar-refractivity contribution in [3.8, 4) is 0 Å². The van der Waals surface area contributed by atoms with Crippen LogP contribution in [0.25, 0.3) is 0 Å². The average molecular weight is 314 g/mol. The van der Waals surface area contributed by atoms with Crippen LogP contribution in [0.1, 0.15) is 48.0 Å². The second-order valence-corrected chi connectivity index (χ2v) is 6.89. The molecule has 2 amide bonds. The van der Waals surface area contributed by atoms with E-state index in [0.29, 0.717) is 38.5 Å². The van der Waals surface area contributed by atoms with Gasteiger partial charge in [0, 0.05) is 38.2 Å². The zero-order valence-corrected chi connectivity index (χ0v) is 14.0. The largest absolute Gasteiger partial charge is 0.339 e. The Bertz CT molecular complexity index is 553. The van der Waals surface area contributed by atoms with Crippen LogP contribution in [0.3, 0.4) is 0 Å². The molecule has 0 radical (unpaired) electrons. The summed E-state index contributed by atoms with van der Waals surface area (Å²) in [6, 6.07) is 7.70. The molecule has 4 heteroatoms. The van der Waals surface area contributed by atoms with Crippen LogP contribution in [0, 0.1) is 12.8 Å². The maximum Gasteiger partial charge on any atom is 0.253 e. The Hall–Kier alpha value is -1.84. The van der Waals surface area contributed by atoms with Crippen molar-refractivity contribution in [1.82, 2.24) is 9.80 Å². The van der Waals surface area contributed by atoms with E-state index in [0.717, 1.165) is 11.1 Å². The van der Waals surface area contributed by atoms with Crippen LogP contribution in [0.15, 0.2) is 24.3 Å². The number of rotatable bonds is 3. The van der Waals surface area contributed by atoms with E-state index >= 15 is 0 Å². The number of nitrogens with zero attached hydrogens (tertiary/aromatic N) is 2. The highest BCUT2D eigenvalue weighted by Crippen LogP contribution is 2.28. The van der Waals surface area contributed by atoms with Gasteiger partial charge in [0.25, 0.3) is 5.91 Å². The van der Waals surface area contributed by atoms with Crippen molar-refractivity contribution in [2.75, 3.05) is 26.2 Å². The lowest BCUT2D eigenvalue weighted by atomic mass is 10.0. The molecule has 1 aromatic rings. The molecule has 124 valence electrons. The summed E-state index contributed by atoms with van der Waals surface area (Å²) in [6.45, 7) is 4.64. The molecule has 2 aliphatic rings. The monoisotopic (exact) mass is 314 g/mol. The molecule has 0 spiro atoms. The number of hydrogen-bond donors (Lipinski definition) is 0. The van der Waals surface area contributed by atoms with Crippen LogP contribution in [0.4, 0.5) is 0 Å². The molecule has 4 nitrogen and oxygen atoms in total. The van der Waals surface area contributed by atoms with Crippen LogP contribution in [0.2, 0.25) is 0 Å². The Morgan fingerprint density at radius 1 is 0.957 bits per heavy atom. The second-order valence-electron chi connectivity index (χ2n) is 6.89. The summed E-state index contributed by atoms with van der Waals surface area (Å²) in [4.78, 5) is 28.7. The number of carbonyl (C=O) groups excluding carboxylic acids is 2. The molecule has 1 aromatic carbocycles. The average Bonchev–Trinajstić information content (AvgIpc) is 3.08. The van der Waals surface area contributed by atoms with Crippen molar-refractivity contribution in [3.63, 3.8) is 0 Å². The van der Waals surface area contributed by atoms with Gasteiger partial charge in [0.15, 0.2) is 0 Å². The Morgan fingerprint density at radius 3 is 2.13 bits per heavy atom. The van der Waals surface area contributed by atoms with Gasteiger partial charge in [-0.15, -0.1) is 0 Å². The zero-order valence-electron chi connectivity index (χ0n) is 14.0. The number of benzene rings is 1. The molecule has 0 N–H and O–H groups in total. The van der Waals surface area contributed by atoms with Gasteiger partial charge in [-0.05, 0) is 37.8 Å². The first-order valence-electron chi connectivity index (χ1n) is 8.77. The van der Waals surface area contributed by atoms with Gasteiger partial charge in [-0.25, -0.2) is 0 Å². The first-order chi connectivity index (χ1) is 11.1. The van der Waals surface area contributed by atoms with Crippen molar-refractivity contribution < 1.29 is 9.59 Å². The van der Waals surface area contributed by atoms with Gasteiger partial charge in [-0.1, -0.05) is 30.5 Å². The summed E-state index contributed by atoms with van der Waals surface area (Å²) < 4.78 is 0. The van der Waals surface area contributed by atoms with Crippen molar-refractivity contribution in [1.29, 1.82) is 0 Å². The predicted molar refractivity (Wildman–Crippen MR) is 90.2 cm³/mol. The number of aryl methyl sites for hydroxylation is 1. The van der Waals surface area contributed by atoms with Crippen LogP contribution in [-0.2, 0) is 4.79 Å². The van der Waals surface area contributed by atoms with Crippen molar-refractivity contribution in [2.45, 2.75) is 39.0 Å². The third-order valence-corrected chi connectivity index (χ3v) is 5.16. The molecule has 3 rings (SSSR count). The van der Waals surface area contributed by atoms with E-state index < -0.39 is 0 Å². The summed E-state index contributed by atoms with van der Waals surface area (Å²) in [5.41, 5.74) is 1.89. The predicted octanol–water partition coefficient (Wildman–Crippen LogP) is 2.86. The van der Waals surface area contributed by atoms with Crippen LogP contribution in [0.5, 0.6) is 0 Å². The number of carbonyl (C=O) groups is 2. The van der Waals surface area contributed by atoms with Crippen molar-refractivity contribution in [3.05, 3.63) is 35.4 Å². The van der Waals surface area contributed by atoms with E-state index in [1.807, 2.05) is 41.0 Å². The third kappa shape index (κ3) is 3.92. The van der Waals surface area contributed by atoms with E-state index in [9.17, 15) is 9.59 Å². The fraction of sp³-hybridized carbons (Fsp3) is 0.579.